The number of carbonyl (C=O) groups is 1. The lowest BCUT2D eigenvalue weighted by Crippen LogP contribution is -2.34. The molecule has 1 aromatic carbocycles. The van der Waals surface area contributed by atoms with Gasteiger partial charge in [0.1, 0.15) is 0 Å². The maximum Gasteiger partial charge on any atom is 0.319 e. The molecule has 2 N–H and O–H groups in total. The fourth-order valence-corrected chi connectivity index (χ4v) is 2.74. The molecule has 0 saturated carbocycles. The minimum Gasteiger partial charge on any atom is -0.338 e. The molecule has 2 amide bonds. The number of nitrogens with zero attached hydrogens (tertiary/aromatic N) is 1. The number of anilines is 1. The van der Waals surface area contributed by atoms with Crippen LogP contribution in [-0.4, -0.2) is 37.1 Å². The summed E-state index contributed by atoms with van der Waals surface area (Å²) in [4.78, 5) is 14.2. The Morgan fingerprint density at radius 1 is 1.45 bits per heavy atom. The highest BCUT2D eigenvalue weighted by Gasteiger charge is 2.20. The molecule has 0 spiro atoms. The lowest BCUT2D eigenvalue weighted by molar-refractivity contribution is 0.248. The molecule has 20 heavy (non-hydrogen) atoms. The van der Waals surface area contributed by atoms with Gasteiger partial charge in [-0.2, -0.15) is 0 Å². The second-order valence-corrected chi connectivity index (χ2v) is 5.50. The Morgan fingerprint density at radius 3 is 3.00 bits per heavy atom. The zero-order chi connectivity index (χ0) is 14.4. The first kappa shape index (κ1) is 14.9. The summed E-state index contributed by atoms with van der Waals surface area (Å²) in [5, 5.41) is 5.83. The minimum atomic E-state index is -0.112. The smallest absolute Gasteiger partial charge is 0.319 e. The van der Waals surface area contributed by atoms with Gasteiger partial charge in [-0.1, -0.05) is 19.1 Å². The summed E-state index contributed by atoms with van der Waals surface area (Å²) in [6, 6.07) is 8.49. The summed E-state index contributed by atoms with van der Waals surface area (Å²) < 4.78 is 0. The van der Waals surface area contributed by atoms with Crippen LogP contribution in [0.4, 0.5) is 10.5 Å². The van der Waals surface area contributed by atoms with E-state index in [0.717, 1.165) is 25.1 Å². The summed E-state index contributed by atoms with van der Waals surface area (Å²) >= 11 is 0. The van der Waals surface area contributed by atoms with E-state index in [0.29, 0.717) is 6.04 Å². The van der Waals surface area contributed by atoms with Crippen LogP contribution < -0.4 is 10.6 Å². The van der Waals surface area contributed by atoms with Crippen LogP contribution in [-0.2, 0) is 6.42 Å². The van der Waals surface area contributed by atoms with Crippen molar-refractivity contribution in [1.29, 1.82) is 0 Å². The van der Waals surface area contributed by atoms with Crippen molar-refractivity contribution in [3.8, 4) is 0 Å². The second-order valence-electron chi connectivity index (χ2n) is 5.50. The summed E-state index contributed by atoms with van der Waals surface area (Å²) in [7, 11) is 2.16. The van der Waals surface area contributed by atoms with Gasteiger partial charge in [0.2, 0.25) is 0 Å². The normalized spacial score (nSPS) is 19.0. The lowest BCUT2D eigenvalue weighted by atomic mass is 10.1. The Labute approximate surface area is 121 Å². The molecule has 1 aliphatic rings. The van der Waals surface area contributed by atoms with E-state index < -0.39 is 0 Å². The number of hydrogen-bond donors (Lipinski definition) is 2. The quantitative estimate of drug-likeness (QED) is 0.868. The highest BCUT2D eigenvalue weighted by atomic mass is 16.2. The molecule has 4 heteroatoms. The lowest BCUT2D eigenvalue weighted by Gasteiger charge is -2.19. The largest absolute Gasteiger partial charge is 0.338 e. The van der Waals surface area contributed by atoms with Crippen molar-refractivity contribution in [1.82, 2.24) is 10.2 Å². The van der Waals surface area contributed by atoms with Gasteiger partial charge >= 0.3 is 6.03 Å². The molecule has 1 saturated heterocycles. The highest BCUT2D eigenvalue weighted by Crippen LogP contribution is 2.17. The number of benzene rings is 1. The third kappa shape index (κ3) is 4.23. The molecule has 0 unspecified atom stereocenters. The van der Waals surface area contributed by atoms with Crippen LogP contribution in [0.2, 0.25) is 0 Å². The molecule has 0 bridgehead atoms. The summed E-state index contributed by atoms with van der Waals surface area (Å²) in [6.45, 7) is 4.02. The van der Waals surface area contributed by atoms with E-state index in [-0.39, 0.29) is 6.03 Å². The van der Waals surface area contributed by atoms with Crippen LogP contribution in [0.25, 0.3) is 0 Å². The third-order valence-corrected chi connectivity index (χ3v) is 4.03. The van der Waals surface area contributed by atoms with Gasteiger partial charge in [-0.15, -0.1) is 0 Å². The summed E-state index contributed by atoms with van der Waals surface area (Å²) in [6.07, 6.45) is 4.53. The van der Waals surface area contributed by atoms with Gasteiger partial charge in [0.15, 0.2) is 0 Å². The average molecular weight is 275 g/mol. The van der Waals surface area contributed by atoms with Gasteiger partial charge in [-0.3, -0.25) is 0 Å². The number of nitrogens with one attached hydrogen (secondary N) is 2. The van der Waals surface area contributed by atoms with E-state index in [9.17, 15) is 4.79 Å². The molecule has 1 fully saturated rings. The number of likely N-dealkylation sites (tertiary alicyclic amines) is 1. The first-order valence-electron chi connectivity index (χ1n) is 7.53. The maximum absolute atomic E-state index is 11.8. The van der Waals surface area contributed by atoms with Crippen molar-refractivity contribution < 1.29 is 4.79 Å². The van der Waals surface area contributed by atoms with Crippen LogP contribution in [0, 0.1) is 0 Å². The fourth-order valence-electron chi connectivity index (χ4n) is 2.74. The van der Waals surface area contributed by atoms with Crippen LogP contribution in [0.15, 0.2) is 24.3 Å². The maximum atomic E-state index is 11.8. The van der Waals surface area contributed by atoms with Gasteiger partial charge in [0, 0.05) is 18.3 Å². The highest BCUT2D eigenvalue weighted by molar-refractivity contribution is 5.89. The van der Waals surface area contributed by atoms with Crippen molar-refractivity contribution in [3.63, 3.8) is 0 Å². The topological polar surface area (TPSA) is 44.4 Å². The third-order valence-electron chi connectivity index (χ3n) is 4.03. The first-order chi connectivity index (χ1) is 9.69. The molecular formula is C16H25N3O. The zero-order valence-corrected chi connectivity index (χ0v) is 12.5. The van der Waals surface area contributed by atoms with Gasteiger partial charge in [0.05, 0.1) is 0 Å². The SMILES string of the molecule is CCc1cccc(NC(=O)NCC[C@@H]2CCCN2C)c1. The van der Waals surface area contributed by atoms with Crippen molar-refractivity contribution in [3.05, 3.63) is 29.8 Å². The van der Waals surface area contributed by atoms with E-state index in [1.54, 1.807) is 0 Å². The van der Waals surface area contributed by atoms with E-state index in [4.69, 9.17) is 0 Å². The predicted molar refractivity (Wildman–Crippen MR) is 83.1 cm³/mol. The number of amides is 2. The van der Waals surface area contributed by atoms with Crippen molar-refractivity contribution in [2.45, 2.75) is 38.6 Å². The van der Waals surface area contributed by atoms with E-state index in [1.165, 1.54) is 24.9 Å². The van der Waals surface area contributed by atoms with E-state index >= 15 is 0 Å². The summed E-state index contributed by atoms with van der Waals surface area (Å²) in [5.41, 5.74) is 2.09. The Kier molecular flexibility index (Phi) is 5.41. The van der Waals surface area contributed by atoms with Crippen molar-refractivity contribution in [2.75, 3.05) is 25.5 Å². The van der Waals surface area contributed by atoms with Gasteiger partial charge in [-0.05, 0) is 57.0 Å². The number of rotatable bonds is 5. The molecule has 2 rings (SSSR count). The average Bonchev–Trinajstić information content (AvgIpc) is 2.85. The van der Waals surface area contributed by atoms with Crippen molar-refractivity contribution in [2.24, 2.45) is 0 Å². The number of urea groups is 1. The minimum absolute atomic E-state index is 0.112. The van der Waals surface area contributed by atoms with E-state index in [2.05, 4.69) is 35.6 Å². The van der Waals surface area contributed by atoms with Crippen LogP contribution in [0.3, 0.4) is 0 Å². The Balaban J connectivity index is 1.72. The van der Waals surface area contributed by atoms with Crippen LogP contribution in [0.1, 0.15) is 31.7 Å². The monoisotopic (exact) mass is 275 g/mol. The Bertz CT molecular complexity index is 447. The predicted octanol–water partition coefficient (Wildman–Crippen LogP) is 2.85. The molecule has 1 heterocycles. The standard InChI is InChI=1S/C16H25N3O/c1-3-13-6-4-7-14(12-13)18-16(20)17-10-9-15-8-5-11-19(15)2/h4,6-7,12,15H,3,5,8-11H2,1-2H3,(H2,17,18,20)/t15-/m0/s1. The Morgan fingerprint density at radius 2 is 2.30 bits per heavy atom. The summed E-state index contributed by atoms with van der Waals surface area (Å²) in [5.74, 6) is 0. The van der Waals surface area contributed by atoms with Gasteiger partial charge in [-0.25, -0.2) is 4.79 Å². The molecule has 110 valence electrons. The second kappa shape index (κ2) is 7.29. The number of carbonyl (C=O) groups excluding carboxylic acids is 1. The van der Waals surface area contributed by atoms with Crippen LogP contribution >= 0.6 is 0 Å². The molecule has 4 nitrogen and oxygen atoms in total. The molecule has 0 aliphatic carbocycles. The molecule has 0 radical (unpaired) electrons. The van der Waals surface area contributed by atoms with Gasteiger partial charge < -0.3 is 15.5 Å². The van der Waals surface area contributed by atoms with Crippen molar-refractivity contribution >= 4 is 11.7 Å². The number of hydrogen-bond acceptors (Lipinski definition) is 2. The Hall–Kier alpha value is -1.55. The fraction of sp³-hybridized carbons (Fsp3) is 0.562. The zero-order valence-electron chi connectivity index (χ0n) is 12.5. The van der Waals surface area contributed by atoms with Gasteiger partial charge in [0.25, 0.3) is 0 Å². The molecule has 1 aliphatic heterocycles. The molecule has 1 aromatic rings. The molecule has 0 aromatic heterocycles. The number of aryl methyl sites for hydroxylation is 1. The first-order valence-corrected chi connectivity index (χ1v) is 7.53. The van der Waals surface area contributed by atoms with Crippen LogP contribution in [0.5, 0.6) is 0 Å². The molecule has 1 atom stereocenters. The molecular weight excluding hydrogens is 250 g/mol. The van der Waals surface area contributed by atoms with E-state index in [1.807, 2.05) is 18.2 Å².